The molecule has 3 aromatic heterocycles. The molecule has 0 aliphatic carbocycles. The lowest BCUT2D eigenvalue weighted by Crippen LogP contribution is -2.38. The van der Waals surface area contributed by atoms with Gasteiger partial charge >= 0.3 is 0 Å². The highest BCUT2D eigenvalue weighted by atomic mass is 32.1. The largest absolute Gasteiger partial charge is 0.397 e. The quantitative estimate of drug-likeness (QED) is 0.457. The summed E-state index contributed by atoms with van der Waals surface area (Å²) in [6.07, 6.45) is 6.52. The molecule has 1 aromatic carbocycles. The Kier molecular flexibility index (Phi) is 6.02. The number of hydrogen-bond acceptors (Lipinski definition) is 6. The zero-order chi connectivity index (χ0) is 23.7. The third kappa shape index (κ3) is 4.14. The Hall–Kier alpha value is -3.72. The van der Waals surface area contributed by atoms with E-state index in [1.165, 1.54) is 11.3 Å². The summed E-state index contributed by atoms with van der Waals surface area (Å²) >= 11 is 1.28. The maximum atomic E-state index is 13.5. The Morgan fingerprint density at radius 3 is 2.74 bits per heavy atom. The molecule has 174 valence electrons. The summed E-state index contributed by atoms with van der Waals surface area (Å²) in [4.78, 5) is 33.6. The molecule has 9 heteroatoms. The Morgan fingerprint density at radius 2 is 2.00 bits per heavy atom. The maximum absolute atomic E-state index is 13.5. The van der Waals surface area contributed by atoms with E-state index in [4.69, 9.17) is 10.7 Å². The first-order valence-electron chi connectivity index (χ1n) is 11.3. The third-order valence-corrected chi connectivity index (χ3v) is 7.37. The van der Waals surface area contributed by atoms with Crippen molar-refractivity contribution in [2.24, 2.45) is 0 Å². The molecule has 1 aliphatic rings. The molecule has 0 radical (unpaired) electrons. The number of carbonyl (C=O) groups excluding carboxylic acids is 2. The fourth-order valence-electron chi connectivity index (χ4n) is 4.46. The van der Waals surface area contributed by atoms with Crippen LogP contribution in [0.3, 0.4) is 0 Å². The van der Waals surface area contributed by atoms with Gasteiger partial charge in [-0.1, -0.05) is 12.1 Å². The molecule has 0 bridgehead atoms. The first-order valence-corrected chi connectivity index (χ1v) is 12.1. The van der Waals surface area contributed by atoms with Gasteiger partial charge in [-0.3, -0.25) is 14.3 Å². The van der Waals surface area contributed by atoms with Crippen molar-refractivity contribution < 1.29 is 9.59 Å². The monoisotopic (exact) mass is 474 g/mol. The van der Waals surface area contributed by atoms with Crippen LogP contribution in [0.1, 0.15) is 56.6 Å². The van der Waals surface area contributed by atoms with E-state index < -0.39 is 0 Å². The smallest absolute Gasteiger partial charge is 0.263 e. The number of carbonyl (C=O) groups is 2. The third-order valence-electron chi connectivity index (χ3n) is 6.26. The molecule has 0 unspecified atom stereocenters. The molecule has 2 amide bonds. The minimum atomic E-state index is -0.215. The highest BCUT2D eigenvalue weighted by Crippen LogP contribution is 2.36. The van der Waals surface area contributed by atoms with Crippen LogP contribution in [-0.2, 0) is 6.54 Å². The number of piperidine rings is 1. The molecule has 1 atom stereocenters. The van der Waals surface area contributed by atoms with Crippen LogP contribution >= 0.6 is 11.3 Å². The van der Waals surface area contributed by atoms with Gasteiger partial charge in [0, 0.05) is 36.9 Å². The zero-order valence-corrected chi connectivity index (χ0v) is 19.7. The van der Waals surface area contributed by atoms with E-state index in [1.807, 2.05) is 58.2 Å². The van der Waals surface area contributed by atoms with Gasteiger partial charge in [0.25, 0.3) is 11.8 Å². The number of benzene rings is 1. The molecule has 34 heavy (non-hydrogen) atoms. The number of aromatic nitrogens is 3. The number of nitrogens with two attached hydrogens (primary N) is 1. The minimum Gasteiger partial charge on any atom is -0.397 e. The van der Waals surface area contributed by atoms with E-state index in [1.54, 1.807) is 13.2 Å². The maximum Gasteiger partial charge on any atom is 0.263 e. The predicted octanol–water partition coefficient (Wildman–Crippen LogP) is 3.85. The molecule has 0 saturated carbocycles. The van der Waals surface area contributed by atoms with Crippen molar-refractivity contribution in [2.75, 3.05) is 19.3 Å². The van der Waals surface area contributed by atoms with E-state index in [0.717, 1.165) is 40.7 Å². The number of nitrogens with zero attached hydrogens (tertiary/aromatic N) is 4. The second-order valence-corrected chi connectivity index (χ2v) is 9.42. The van der Waals surface area contributed by atoms with Gasteiger partial charge in [-0.05, 0) is 55.2 Å². The molecule has 1 aliphatic heterocycles. The van der Waals surface area contributed by atoms with Crippen molar-refractivity contribution in [1.29, 1.82) is 0 Å². The summed E-state index contributed by atoms with van der Waals surface area (Å²) in [6, 6.07) is 13.4. The molecule has 0 spiro atoms. The SMILES string of the molecule is CNC(=O)c1sc2nc([C@@H]3CCCCN3C(=O)c3ccc(Cn4cccn4)cc3)ccc2c1N. The normalized spacial score (nSPS) is 16.0. The Labute approximate surface area is 201 Å². The number of likely N-dealkylation sites (tertiary alicyclic amines) is 1. The van der Waals surface area contributed by atoms with Crippen molar-refractivity contribution in [3.05, 3.63) is 76.6 Å². The summed E-state index contributed by atoms with van der Waals surface area (Å²) in [6.45, 7) is 1.36. The first-order chi connectivity index (χ1) is 16.5. The summed E-state index contributed by atoms with van der Waals surface area (Å²) in [7, 11) is 1.58. The second-order valence-electron chi connectivity index (χ2n) is 8.42. The first kappa shape index (κ1) is 22.1. The van der Waals surface area contributed by atoms with E-state index in [2.05, 4.69) is 10.4 Å². The van der Waals surface area contributed by atoms with Crippen molar-refractivity contribution in [3.63, 3.8) is 0 Å². The standard InChI is InChI=1S/C25H26N6O2S/c1-27-23(32)22-21(26)18-10-11-19(29-24(18)34-22)20-5-2-3-14-31(20)25(33)17-8-6-16(7-9-17)15-30-13-4-12-28-30/h4,6-13,20H,2-3,5,14-15,26H2,1H3,(H,27,32)/t20-/m0/s1. The number of nitrogen functional groups attached to an aromatic ring is 1. The van der Waals surface area contributed by atoms with Gasteiger partial charge in [0.05, 0.1) is 24.0 Å². The summed E-state index contributed by atoms with van der Waals surface area (Å²) in [5.74, 6) is -0.207. The number of nitrogens with one attached hydrogen (secondary N) is 1. The highest BCUT2D eigenvalue weighted by Gasteiger charge is 2.30. The van der Waals surface area contributed by atoms with E-state index in [9.17, 15) is 9.59 Å². The fourth-order valence-corrected chi connectivity index (χ4v) is 5.51. The lowest BCUT2D eigenvalue weighted by atomic mass is 9.97. The molecule has 3 N–H and O–H groups in total. The average Bonchev–Trinajstić information content (AvgIpc) is 3.51. The summed E-state index contributed by atoms with van der Waals surface area (Å²) in [5, 5.41) is 7.63. The zero-order valence-electron chi connectivity index (χ0n) is 18.9. The van der Waals surface area contributed by atoms with Crippen LogP contribution in [0.25, 0.3) is 10.2 Å². The van der Waals surface area contributed by atoms with Gasteiger partial charge in [-0.15, -0.1) is 11.3 Å². The van der Waals surface area contributed by atoms with Gasteiger partial charge in [0.2, 0.25) is 0 Å². The second kappa shape index (κ2) is 9.26. The van der Waals surface area contributed by atoms with Crippen LogP contribution in [0.5, 0.6) is 0 Å². The lowest BCUT2D eigenvalue weighted by Gasteiger charge is -2.35. The lowest BCUT2D eigenvalue weighted by molar-refractivity contribution is 0.0606. The summed E-state index contributed by atoms with van der Waals surface area (Å²) < 4.78 is 1.85. The Morgan fingerprint density at radius 1 is 1.18 bits per heavy atom. The Bertz CT molecular complexity index is 1330. The van der Waals surface area contributed by atoms with Crippen molar-refractivity contribution >= 4 is 39.1 Å². The van der Waals surface area contributed by atoms with Gasteiger partial charge in [-0.25, -0.2) is 4.98 Å². The predicted molar refractivity (Wildman–Crippen MR) is 133 cm³/mol. The number of hydrogen-bond donors (Lipinski definition) is 2. The summed E-state index contributed by atoms with van der Waals surface area (Å²) in [5.41, 5.74) is 9.23. The topological polar surface area (TPSA) is 106 Å². The molecule has 1 saturated heterocycles. The molecule has 1 fully saturated rings. The van der Waals surface area contributed by atoms with Gasteiger partial charge < -0.3 is 16.0 Å². The number of anilines is 1. The molecule has 8 nitrogen and oxygen atoms in total. The van der Waals surface area contributed by atoms with Crippen molar-refractivity contribution in [3.8, 4) is 0 Å². The van der Waals surface area contributed by atoms with Crippen LogP contribution in [0.4, 0.5) is 5.69 Å². The number of amides is 2. The van der Waals surface area contributed by atoms with Gasteiger partial charge in [-0.2, -0.15) is 5.10 Å². The minimum absolute atomic E-state index is 0.00831. The highest BCUT2D eigenvalue weighted by molar-refractivity contribution is 7.21. The Balaban J connectivity index is 1.40. The number of rotatable bonds is 5. The average molecular weight is 475 g/mol. The molecular weight excluding hydrogens is 448 g/mol. The van der Waals surface area contributed by atoms with Crippen LogP contribution in [0.15, 0.2) is 54.9 Å². The van der Waals surface area contributed by atoms with Crippen LogP contribution in [0, 0.1) is 0 Å². The molecule has 4 heterocycles. The van der Waals surface area contributed by atoms with E-state index >= 15 is 0 Å². The van der Waals surface area contributed by atoms with Crippen LogP contribution < -0.4 is 11.1 Å². The number of pyridine rings is 1. The molecular formula is C25H26N6O2S. The van der Waals surface area contributed by atoms with E-state index in [-0.39, 0.29) is 17.9 Å². The number of thiophene rings is 1. The van der Waals surface area contributed by atoms with Crippen LogP contribution in [0.2, 0.25) is 0 Å². The van der Waals surface area contributed by atoms with Crippen LogP contribution in [-0.4, -0.2) is 45.1 Å². The van der Waals surface area contributed by atoms with Gasteiger partial charge in [0.15, 0.2) is 0 Å². The number of fused-ring (bicyclic) bond motifs is 1. The van der Waals surface area contributed by atoms with Crippen molar-refractivity contribution in [2.45, 2.75) is 31.8 Å². The molecule has 4 aromatic rings. The van der Waals surface area contributed by atoms with Crippen molar-refractivity contribution in [1.82, 2.24) is 25.0 Å². The van der Waals surface area contributed by atoms with E-state index in [0.29, 0.717) is 29.2 Å². The fraction of sp³-hybridized carbons (Fsp3) is 0.280. The molecule has 5 rings (SSSR count). The van der Waals surface area contributed by atoms with Gasteiger partial charge in [0.1, 0.15) is 9.71 Å².